The van der Waals surface area contributed by atoms with E-state index in [-0.39, 0.29) is 24.4 Å². The summed E-state index contributed by atoms with van der Waals surface area (Å²) in [4.78, 5) is 19.5. The van der Waals surface area contributed by atoms with E-state index in [4.69, 9.17) is 39.8 Å². The van der Waals surface area contributed by atoms with Crippen LogP contribution in [0.5, 0.6) is 0 Å². The van der Waals surface area contributed by atoms with Gasteiger partial charge >= 0.3 is 0 Å². The number of nitrogens with one attached hydrogen (secondary N) is 2. The second-order valence-corrected chi connectivity index (χ2v) is 10.2. The molecule has 4 aromatic rings. The van der Waals surface area contributed by atoms with Gasteiger partial charge in [0.1, 0.15) is 17.6 Å². The van der Waals surface area contributed by atoms with Crippen LogP contribution in [0, 0.1) is 0 Å². The van der Waals surface area contributed by atoms with Crippen LogP contribution in [0.25, 0.3) is 11.3 Å². The van der Waals surface area contributed by atoms with Gasteiger partial charge in [-0.05, 0) is 72.7 Å². The van der Waals surface area contributed by atoms with Gasteiger partial charge in [0.15, 0.2) is 5.11 Å². The Morgan fingerprint density at radius 1 is 1.11 bits per heavy atom. The summed E-state index contributed by atoms with van der Waals surface area (Å²) in [5, 5.41) is 8.02. The largest absolute Gasteiger partial charge is 0.459 e. The molecular weight excluding hydrogens is 539 g/mol. The zero-order valence-corrected chi connectivity index (χ0v) is 23.0. The van der Waals surface area contributed by atoms with Crippen molar-refractivity contribution in [1.82, 2.24) is 15.2 Å². The number of furan rings is 1. The first-order chi connectivity index (χ1) is 18.4. The van der Waals surface area contributed by atoms with E-state index in [1.54, 1.807) is 18.3 Å². The Bertz CT molecular complexity index is 1460. The van der Waals surface area contributed by atoms with Crippen molar-refractivity contribution in [2.24, 2.45) is 0 Å². The van der Waals surface area contributed by atoms with Gasteiger partial charge in [0.25, 0.3) is 0 Å². The molecule has 6 nitrogen and oxygen atoms in total. The average Bonchev–Trinajstić information content (AvgIpc) is 3.52. The lowest BCUT2D eigenvalue weighted by Gasteiger charge is -2.26. The Morgan fingerprint density at radius 2 is 1.92 bits per heavy atom. The molecule has 0 spiro atoms. The second-order valence-electron chi connectivity index (χ2n) is 8.96. The van der Waals surface area contributed by atoms with Crippen molar-refractivity contribution >= 4 is 52.1 Å². The van der Waals surface area contributed by atoms with Gasteiger partial charge in [-0.1, -0.05) is 54.4 Å². The SMILES string of the molecule is CCc1ccccc1NC(=O)CCN1C(=S)N[C@H](c2ccccn2)[C@H]1c1ccc(-c2ccc(Cl)cc2Cl)o1. The quantitative estimate of drug-likeness (QED) is 0.220. The van der Waals surface area contributed by atoms with Crippen LogP contribution in [0.2, 0.25) is 10.0 Å². The van der Waals surface area contributed by atoms with E-state index in [0.29, 0.717) is 33.2 Å². The number of thiocarbonyl (C=S) groups is 1. The summed E-state index contributed by atoms with van der Waals surface area (Å²) in [6.45, 7) is 2.47. The minimum Gasteiger partial charge on any atom is -0.459 e. The maximum absolute atomic E-state index is 12.9. The Balaban J connectivity index is 1.41. The monoisotopic (exact) mass is 564 g/mol. The van der Waals surface area contributed by atoms with E-state index in [0.717, 1.165) is 28.9 Å². The normalized spacial score (nSPS) is 16.9. The van der Waals surface area contributed by atoms with Crippen LogP contribution >= 0.6 is 35.4 Å². The summed E-state index contributed by atoms with van der Waals surface area (Å²) in [5.74, 6) is 1.22. The fraction of sp³-hybridized carbons (Fsp3) is 0.207. The molecule has 1 fully saturated rings. The summed E-state index contributed by atoms with van der Waals surface area (Å²) in [6, 6.07) is 22.1. The number of carbonyl (C=O) groups excluding carboxylic acids is 1. The molecule has 1 aliphatic heterocycles. The van der Waals surface area contributed by atoms with Gasteiger partial charge in [0, 0.05) is 35.4 Å². The number of anilines is 1. The molecule has 1 amide bonds. The molecule has 1 saturated heterocycles. The lowest BCUT2D eigenvalue weighted by molar-refractivity contribution is -0.116. The molecule has 2 aromatic carbocycles. The smallest absolute Gasteiger partial charge is 0.226 e. The summed E-state index contributed by atoms with van der Waals surface area (Å²) >= 11 is 18.2. The molecule has 0 radical (unpaired) electrons. The molecule has 3 heterocycles. The lowest BCUT2D eigenvalue weighted by Crippen LogP contribution is -2.32. The molecule has 2 N–H and O–H groups in total. The highest BCUT2D eigenvalue weighted by molar-refractivity contribution is 7.80. The Labute approximate surface area is 237 Å². The van der Waals surface area contributed by atoms with E-state index < -0.39 is 0 Å². The lowest BCUT2D eigenvalue weighted by atomic mass is 10.0. The van der Waals surface area contributed by atoms with Crippen molar-refractivity contribution in [1.29, 1.82) is 0 Å². The van der Waals surface area contributed by atoms with Gasteiger partial charge in [-0.2, -0.15) is 0 Å². The van der Waals surface area contributed by atoms with Gasteiger partial charge in [0.05, 0.1) is 16.8 Å². The van der Waals surface area contributed by atoms with Gasteiger partial charge < -0.3 is 20.0 Å². The number of hydrogen-bond acceptors (Lipinski definition) is 4. The third-order valence-corrected chi connectivity index (χ3v) is 7.46. The first kappa shape index (κ1) is 26.2. The predicted molar refractivity (Wildman–Crippen MR) is 155 cm³/mol. The Morgan fingerprint density at radius 3 is 2.68 bits per heavy atom. The molecule has 0 aliphatic carbocycles. The Hall–Kier alpha value is -3.39. The van der Waals surface area contributed by atoms with Crippen LogP contribution in [-0.4, -0.2) is 27.4 Å². The highest BCUT2D eigenvalue weighted by Crippen LogP contribution is 2.41. The number of aryl methyl sites for hydroxylation is 1. The van der Waals surface area contributed by atoms with E-state index in [2.05, 4.69) is 22.5 Å². The third kappa shape index (κ3) is 5.55. The summed E-state index contributed by atoms with van der Waals surface area (Å²) in [6.07, 6.45) is 2.84. The fourth-order valence-corrected chi connectivity index (χ4v) is 5.52. The molecule has 0 saturated carbocycles. The number of benzene rings is 2. The van der Waals surface area contributed by atoms with Crippen LogP contribution in [-0.2, 0) is 11.2 Å². The van der Waals surface area contributed by atoms with Crippen molar-refractivity contribution in [2.45, 2.75) is 31.8 Å². The number of rotatable bonds is 8. The van der Waals surface area contributed by atoms with Crippen LogP contribution in [0.4, 0.5) is 5.69 Å². The van der Waals surface area contributed by atoms with Crippen molar-refractivity contribution in [3.63, 3.8) is 0 Å². The van der Waals surface area contributed by atoms with E-state index in [9.17, 15) is 4.79 Å². The minimum atomic E-state index is -0.312. The maximum atomic E-state index is 12.9. The van der Waals surface area contributed by atoms with Crippen LogP contribution in [0.15, 0.2) is 83.4 Å². The summed E-state index contributed by atoms with van der Waals surface area (Å²) in [5.41, 5.74) is 3.49. The maximum Gasteiger partial charge on any atom is 0.226 e. The first-order valence-electron chi connectivity index (χ1n) is 12.4. The van der Waals surface area contributed by atoms with Crippen molar-refractivity contribution in [3.05, 3.63) is 106 Å². The second kappa shape index (κ2) is 11.6. The molecule has 194 valence electrons. The molecule has 2 atom stereocenters. The Kier molecular flexibility index (Phi) is 7.98. The number of pyridine rings is 1. The first-order valence-corrected chi connectivity index (χ1v) is 13.5. The molecule has 9 heteroatoms. The van der Waals surface area contributed by atoms with Gasteiger partial charge in [0.2, 0.25) is 5.91 Å². The number of amides is 1. The number of aromatic nitrogens is 1. The number of carbonyl (C=O) groups is 1. The number of nitrogens with zero attached hydrogens (tertiary/aromatic N) is 2. The van der Waals surface area contributed by atoms with E-state index >= 15 is 0 Å². The van der Waals surface area contributed by atoms with E-state index in [1.165, 1.54) is 0 Å². The van der Waals surface area contributed by atoms with E-state index in [1.807, 2.05) is 65.6 Å². The van der Waals surface area contributed by atoms with Crippen LogP contribution < -0.4 is 10.6 Å². The van der Waals surface area contributed by atoms with Crippen molar-refractivity contribution < 1.29 is 9.21 Å². The number of hydrogen-bond donors (Lipinski definition) is 2. The standard InChI is InChI=1S/C29H26Cl2N4O2S/c1-2-18-7-3-4-8-22(18)33-26(36)14-16-35-28(27(34-29(35)38)23-9-5-6-15-32-23)25-13-12-24(37-25)20-11-10-19(30)17-21(20)31/h3-13,15,17,27-28H,2,14,16H2,1H3,(H,33,36)(H,34,38)/t27-,28-/m1/s1. The fourth-order valence-electron chi connectivity index (χ4n) is 4.69. The van der Waals surface area contributed by atoms with Gasteiger partial charge in [-0.25, -0.2) is 0 Å². The molecule has 0 unspecified atom stereocenters. The molecule has 0 bridgehead atoms. The summed E-state index contributed by atoms with van der Waals surface area (Å²) < 4.78 is 6.34. The zero-order valence-electron chi connectivity index (χ0n) is 20.7. The van der Waals surface area contributed by atoms with Gasteiger partial charge in [-0.3, -0.25) is 9.78 Å². The predicted octanol–water partition coefficient (Wildman–Crippen LogP) is 7.21. The van der Waals surface area contributed by atoms with Gasteiger partial charge in [-0.15, -0.1) is 0 Å². The average molecular weight is 566 g/mol. The zero-order chi connectivity index (χ0) is 26.6. The van der Waals surface area contributed by atoms with Crippen LogP contribution in [0.3, 0.4) is 0 Å². The molecule has 38 heavy (non-hydrogen) atoms. The molecular formula is C29H26Cl2N4O2S. The number of para-hydroxylation sites is 1. The highest BCUT2D eigenvalue weighted by atomic mass is 35.5. The molecule has 1 aliphatic rings. The topological polar surface area (TPSA) is 70.4 Å². The molecule has 2 aromatic heterocycles. The summed E-state index contributed by atoms with van der Waals surface area (Å²) in [7, 11) is 0. The highest BCUT2D eigenvalue weighted by Gasteiger charge is 2.41. The molecule has 5 rings (SSSR count). The third-order valence-electron chi connectivity index (χ3n) is 6.56. The van der Waals surface area contributed by atoms with Crippen molar-refractivity contribution in [3.8, 4) is 11.3 Å². The minimum absolute atomic E-state index is 0.0817. The number of halogens is 2. The van der Waals surface area contributed by atoms with Crippen LogP contribution in [0.1, 0.15) is 42.4 Å². The van der Waals surface area contributed by atoms with Crippen molar-refractivity contribution in [2.75, 3.05) is 11.9 Å².